The molecule has 0 radical (unpaired) electrons. The van der Waals surface area contributed by atoms with Gasteiger partial charge in [0.25, 0.3) is 11.5 Å². The van der Waals surface area contributed by atoms with Gasteiger partial charge in [0.05, 0.1) is 0 Å². The third kappa shape index (κ3) is 1.69. The molecule has 2 rings (SSSR count). The number of carbonyl (C=O) groups is 1. The number of nitrogens with one attached hydrogen (secondary N) is 1. The first-order valence-electron chi connectivity index (χ1n) is 4.65. The lowest BCUT2D eigenvalue weighted by Gasteiger charge is -2.03. The summed E-state index contributed by atoms with van der Waals surface area (Å²) in [4.78, 5) is 23.1. The molecule has 0 aliphatic heterocycles. The topological polar surface area (TPSA) is 51.1 Å². The minimum atomic E-state index is -0.256. The van der Waals surface area contributed by atoms with Crippen LogP contribution in [0, 0.1) is 0 Å². The van der Waals surface area contributed by atoms with Crippen LogP contribution in [0.2, 0.25) is 0 Å². The molecule has 1 heterocycles. The van der Waals surface area contributed by atoms with E-state index in [-0.39, 0.29) is 23.1 Å². The minimum absolute atomic E-state index is 0.224. The van der Waals surface area contributed by atoms with Gasteiger partial charge >= 0.3 is 0 Å². The van der Waals surface area contributed by atoms with Gasteiger partial charge < -0.3 is 9.88 Å². The molecule has 0 bridgehead atoms. The number of nitrogens with zero attached hydrogens (tertiary/aromatic N) is 1. The van der Waals surface area contributed by atoms with Gasteiger partial charge in [0.1, 0.15) is 5.56 Å². The van der Waals surface area contributed by atoms with Crippen LogP contribution in [-0.4, -0.2) is 16.5 Å². The highest BCUT2D eigenvalue weighted by molar-refractivity contribution is 5.94. The quantitative estimate of drug-likeness (QED) is 0.731. The lowest BCUT2D eigenvalue weighted by molar-refractivity contribution is 0.0949. The molecule has 4 heteroatoms. The van der Waals surface area contributed by atoms with Gasteiger partial charge in [-0.15, -0.1) is 0 Å². The Morgan fingerprint density at radius 3 is 2.93 bits per heavy atom. The Morgan fingerprint density at radius 2 is 2.29 bits per heavy atom. The molecule has 4 nitrogen and oxygen atoms in total. The van der Waals surface area contributed by atoms with Crippen molar-refractivity contribution in [2.45, 2.75) is 18.9 Å². The van der Waals surface area contributed by atoms with E-state index < -0.39 is 0 Å². The standard InChI is InChI=1S/C10H12N2O2/c1-12-6-2-3-8(10(12)14)9(13)11-7-4-5-7/h2-3,6-7H,4-5H2,1H3,(H,11,13). The fourth-order valence-electron chi connectivity index (χ4n) is 1.26. The van der Waals surface area contributed by atoms with E-state index in [0.717, 1.165) is 12.8 Å². The van der Waals surface area contributed by atoms with Crippen molar-refractivity contribution >= 4 is 5.91 Å². The summed E-state index contributed by atoms with van der Waals surface area (Å²) in [7, 11) is 1.64. The van der Waals surface area contributed by atoms with Crippen molar-refractivity contribution in [3.05, 3.63) is 34.2 Å². The van der Waals surface area contributed by atoms with Gasteiger partial charge in [0.2, 0.25) is 0 Å². The molecule has 1 amide bonds. The maximum Gasteiger partial charge on any atom is 0.263 e. The molecular weight excluding hydrogens is 180 g/mol. The van der Waals surface area contributed by atoms with Crippen LogP contribution in [0.15, 0.2) is 23.1 Å². The van der Waals surface area contributed by atoms with Crippen LogP contribution in [0.4, 0.5) is 0 Å². The van der Waals surface area contributed by atoms with E-state index in [9.17, 15) is 9.59 Å². The molecule has 1 aromatic rings. The van der Waals surface area contributed by atoms with E-state index in [1.807, 2.05) is 0 Å². The number of rotatable bonds is 2. The summed E-state index contributed by atoms with van der Waals surface area (Å²) in [6.07, 6.45) is 3.69. The lowest BCUT2D eigenvalue weighted by Crippen LogP contribution is -2.32. The van der Waals surface area contributed by atoms with E-state index in [1.165, 1.54) is 4.57 Å². The average molecular weight is 192 g/mol. The summed E-state index contributed by atoms with van der Waals surface area (Å²) >= 11 is 0. The predicted molar refractivity (Wildman–Crippen MR) is 52.2 cm³/mol. The fraction of sp³-hybridized carbons (Fsp3) is 0.400. The molecule has 1 saturated carbocycles. The third-order valence-corrected chi connectivity index (χ3v) is 2.28. The van der Waals surface area contributed by atoms with E-state index in [1.54, 1.807) is 25.4 Å². The Hall–Kier alpha value is -1.58. The average Bonchev–Trinajstić information content (AvgIpc) is 2.93. The summed E-state index contributed by atoms with van der Waals surface area (Å²) in [5.74, 6) is -0.256. The van der Waals surface area contributed by atoms with Gasteiger partial charge in [-0.05, 0) is 25.0 Å². The molecule has 0 aromatic carbocycles. The second kappa shape index (κ2) is 3.29. The predicted octanol–water partition coefficient (Wildman–Crippen LogP) is 0.277. The van der Waals surface area contributed by atoms with Gasteiger partial charge in [0.15, 0.2) is 0 Å². The number of carbonyl (C=O) groups excluding carboxylic acids is 1. The van der Waals surface area contributed by atoms with Crippen LogP contribution < -0.4 is 10.9 Å². The smallest absolute Gasteiger partial charge is 0.263 e. The van der Waals surface area contributed by atoms with Crippen LogP contribution in [-0.2, 0) is 7.05 Å². The van der Waals surface area contributed by atoms with E-state index in [4.69, 9.17) is 0 Å². The zero-order valence-corrected chi connectivity index (χ0v) is 7.99. The first-order valence-corrected chi connectivity index (χ1v) is 4.65. The minimum Gasteiger partial charge on any atom is -0.349 e. The van der Waals surface area contributed by atoms with Crippen LogP contribution >= 0.6 is 0 Å². The van der Waals surface area contributed by atoms with Gasteiger partial charge in [-0.1, -0.05) is 0 Å². The Balaban J connectivity index is 2.26. The molecule has 1 aromatic heterocycles. The van der Waals surface area contributed by atoms with Crippen LogP contribution in [0.1, 0.15) is 23.2 Å². The maximum absolute atomic E-state index is 11.5. The summed E-state index contributed by atoms with van der Waals surface area (Å²) < 4.78 is 1.40. The van der Waals surface area contributed by atoms with Crippen LogP contribution in [0.5, 0.6) is 0 Å². The van der Waals surface area contributed by atoms with Crippen LogP contribution in [0.3, 0.4) is 0 Å². The van der Waals surface area contributed by atoms with Crippen molar-refractivity contribution in [2.75, 3.05) is 0 Å². The summed E-state index contributed by atoms with van der Waals surface area (Å²) in [5, 5.41) is 2.79. The van der Waals surface area contributed by atoms with Gasteiger partial charge in [-0.25, -0.2) is 0 Å². The molecule has 1 aliphatic carbocycles. The number of amides is 1. The highest BCUT2D eigenvalue weighted by atomic mass is 16.2. The number of aromatic nitrogens is 1. The highest BCUT2D eigenvalue weighted by Crippen LogP contribution is 2.18. The van der Waals surface area contributed by atoms with Crippen molar-refractivity contribution < 1.29 is 4.79 Å². The molecule has 0 atom stereocenters. The fourth-order valence-corrected chi connectivity index (χ4v) is 1.26. The third-order valence-electron chi connectivity index (χ3n) is 2.28. The van der Waals surface area contributed by atoms with Crippen molar-refractivity contribution in [1.29, 1.82) is 0 Å². The van der Waals surface area contributed by atoms with Gasteiger partial charge in [-0.3, -0.25) is 9.59 Å². The van der Waals surface area contributed by atoms with Gasteiger partial charge in [-0.2, -0.15) is 0 Å². The summed E-state index contributed by atoms with van der Waals surface area (Å²) in [6, 6.07) is 3.54. The number of hydrogen-bond acceptors (Lipinski definition) is 2. The second-order valence-electron chi connectivity index (χ2n) is 3.59. The Morgan fingerprint density at radius 1 is 1.57 bits per heavy atom. The largest absolute Gasteiger partial charge is 0.349 e. The van der Waals surface area contributed by atoms with Crippen LogP contribution in [0.25, 0.3) is 0 Å². The number of pyridine rings is 1. The Labute approximate surface area is 81.6 Å². The zero-order chi connectivity index (χ0) is 10.1. The molecule has 0 spiro atoms. The summed E-state index contributed by atoms with van der Waals surface area (Å²) in [6.45, 7) is 0. The van der Waals surface area contributed by atoms with E-state index in [0.29, 0.717) is 0 Å². The van der Waals surface area contributed by atoms with Crippen molar-refractivity contribution in [1.82, 2.24) is 9.88 Å². The maximum atomic E-state index is 11.5. The van der Waals surface area contributed by atoms with E-state index in [2.05, 4.69) is 5.32 Å². The molecule has 14 heavy (non-hydrogen) atoms. The monoisotopic (exact) mass is 192 g/mol. The van der Waals surface area contributed by atoms with Crippen molar-refractivity contribution in [3.63, 3.8) is 0 Å². The lowest BCUT2D eigenvalue weighted by atomic mass is 10.2. The first-order chi connectivity index (χ1) is 6.68. The molecule has 0 unspecified atom stereocenters. The number of hydrogen-bond donors (Lipinski definition) is 1. The highest BCUT2D eigenvalue weighted by Gasteiger charge is 2.24. The molecule has 0 saturated heterocycles. The Bertz CT molecular complexity index is 418. The molecule has 1 fully saturated rings. The van der Waals surface area contributed by atoms with E-state index >= 15 is 0 Å². The molecule has 1 N–H and O–H groups in total. The SMILES string of the molecule is Cn1cccc(C(=O)NC2CC2)c1=O. The molecule has 1 aliphatic rings. The normalized spacial score (nSPS) is 15.2. The molecular formula is C10H12N2O2. The Kier molecular flexibility index (Phi) is 2.11. The number of aryl methyl sites for hydroxylation is 1. The first kappa shape index (κ1) is 8.99. The molecule has 74 valence electrons. The zero-order valence-electron chi connectivity index (χ0n) is 7.99. The van der Waals surface area contributed by atoms with Gasteiger partial charge in [0, 0.05) is 19.3 Å². The van der Waals surface area contributed by atoms with Crippen molar-refractivity contribution in [3.8, 4) is 0 Å². The second-order valence-corrected chi connectivity index (χ2v) is 3.59. The summed E-state index contributed by atoms with van der Waals surface area (Å²) in [5.41, 5.74) is -0.0208. The van der Waals surface area contributed by atoms with Crippen molar-refractivity contribution in [2.24, 2.45) is 7.05 Å².